The molecule has 1 heterocycles. The smallest absolute Gasteiger partial charge is 0.305 e. The number of amides is 1. The van der Waals surface area contributed by atoms with Gasteiger partial charge in [0.25, 0.3) is 0 Å². The highest BCUT2D eigenvalue weighted by molar-refractivity contribution is 5.79. The highest BCUT2D eigenvalue weighted by Gasteiger charge is 2.29. The fourth-order valence-corrected chi connectivity index (χ4v) is 2.23. The van der Waals surface area contributed by atoms with E-state index in [2.05, 4.69) is 0 Å². The van der Waals surface area contributed by atoms with Gasteiger partial charge in [-0.1, -0.05) is 30.3 Å². The number of carboxylic acid groups (broad SMARTS) is 1. The Labute approximate surface area is 111 Å². The summed E-state index contributed by atoms with van der Waals surface area (Å²) in [7, 11) is 0. The largest absolute Gasteiger partial charge is 0.481 e. The summed E-state index contributed by atoms with van der Waals surface area (Å²) in [6, 6.07) is 9.48. The Morgan fingerprint density at radius 1 is 1.37 bits per heavy atom. The molecular weight excluding hydrogens is 246 g/mol. The highest BCUT2D eigenvalue weighted by atomic mass is 16.5. The third-order valence-electron chi connectivity index (χ3n) is 3.19. The van der Waals surface area contributed by atoms with Crippen LogP contribution < -0.4 is 0 Å². The monoisotopic (exact) mass is 263 g/mol. The summed E-state index contributed by atoms with van der Waals surface area (Å²) in [5.74, 6) is -1.04. The first-order valence-corrected chi connectivity index (χ1v) is 6.30. The first kappa shape index (κ1) is 13.5. The number of carbonyl (C=O) groups is 2. The Kier molecular flexibility index (Phi) is 4.52. The molecule has 5 heteroatoms. The van der Waals surface area contributed by atoms with Gasteiger partial charge >= 0.3 is 5.97 Å². The van der Waals surface area contributed by atoms with Crippen molar-refractivity contribution in [2.75, 3.05) is 19.8 Å². The number of nitrogens with zero attached hydrogens (tertiary/aromatic N) is 1. The molecule has 1 unspecified atom stereocenters. The van der Waals surface area contributed by atoms with E-state index in [-0.39, 0.29) is 25.0 Å². The number of aliphatic carboxylic acids is 1. The number of carbonyl (C=O) groups excluding carboxylic acids is 1. The molecule has 1 saturated heterocycles. The third kappa shape index (κ3) is 3.79. The van der Waals surface area contributed by atoms with E-state index in [9.17, 15) is 9.59 Å². The van der Waals surface area contributed by atoms with Crippen LogP contribution in [0.15, 0.2) is 30.3 Å². The van der Waals surface area contributed by atoms with Crippen LogP contribution in [0.3, 0.4) is 0 Å². The predicted molar refractivity (Wildman–Crippen MR) is 68.7 cm³/mol. The van der Waals surface area contributed by atoms with Crippen molar-refractivity contribution in [1.82, 2.24) is 4.90 Å². The molecule has 2 rings (SSSR count). The molecule has 1 N–H and O–H groups in total. The quantitative estimate of drug-likeness (QED) is 0.858. The molecule has 0 aliphatic carbocycles. The van der Waals surface area contributed by atoms with Crippen LogP contribution in [0.4, 0.5) is 0 Å². The SMILES string of the molecule is O=C(O)CC1COCC(=O)N1CCc1ccccc1. The van der Waals surface area contributed by atoms with Crippen molar-refractivity contribution >= 4 is 11.9 Å². The van der Waals surface area contributed by atoms with Gasteiger partial charge in [-0.25, -0.2) is 0 Å². The van der Waals surface area contributed by atoms with Gasteiger partial charge in [-0.2, -0.15) is 0 Å². The maximum atomic E-state index is 11.8. The Balaban J connectivity index is 1.97. The van der Waals surface area contributed by atoms with Crippen molar-refractivity contribution in [3.05, 3.63) is 35.9 Å². The fourth-order valence-electron chi connectivity index (χ4n) is 2.23. The minimum atomic E-state index is -0.909. The summed E-state index contributed by atoms with van der Waals surface area (Å²) in [4.78, 5) is 24.2. The zero-order valence-corrected chi connectivity index (χ0v) is 10.6. The van der Waals surface area contributed by atoms with Gasteiger partial charge < -0.3 is 14.7 Å². The Bertz CT molecular complexity index is 446. The average Bonchev–Trinajstić information content (AvgIpc) is 2.38. The first-order valence-electron chi connectivity index (χ1n) is 6.30. The van der Waals surface area contributed by atoms with E-state index in [0.717, 1.165) is 12.0 Å². The molecule has 0 aromatic heterocycles. The topological polar surface area (TPSA) is 66.8 Å². The molecule has 1 aromatic carbocycles. The molecule has 5 nitrogen and oxygen atoms in total. The molecule has 1 aromatic rings. The number of hydrogen-bond donors (Lipinski definition) is 1. The summed E-state index contributed by atoms with van der Waals surface area (Å²) < 4.78 is 5.12. The predicted octanol–water partition coefficient (Wildman–Crippen LogP) is 0.931. The van der Waals surface area contributed by atoms with Crippen LogP contribution in [0.5, 0.6) is 0 Å². The van der Waals surface area contributed by atoms with Crippen molar-refractivity contribution in [1.29, 1.82) is 0 Å². The minimum Gasteiger partial charge on any atom is -0.481 e. The lowest BCUT2D eigenvalue weighted by atomic mass is 10.1. The van der Waals surface area contributed by atoms with Crippen LogP contribution in [0.2, 0.25) is 0 Å². The lowest BCUT2D eigenvalue weighted by molar-refractivity contribution is -0.152. The molecule has 0 radical (unpaired) electrons. The van der Waals surface area contributed by atoms with Gasteiger partial charge in [0.15, 0.2) is 0 Å². The number of carboxylic acids is 1. The molecule has 102 valence electrons. The number of ether oxygens (including phenoxy) is 1. The second-order valence-electron chi connectivity index (χ2n) is 4.59. The Morgan fingerprint density at radius 3 is 2.79 bits per heavy atom. The average molecular weight is 263 g/mol. The van der Waals surface area contributed by atoms with Gasteiger partial charge in [0.1, 0.15) is 6.61 Å². The zero-order chi connectivity index (χ0) is 13.7. The second kappa shape index (κ2) is 6.33. The molecule has 19 heavy (non-hydrogen) atoms. The number of rotatable bonds is 5. The van der Waals surface area contributed by atoms with Gasteiger partial charge in [-0.15, -0.1) is 0 Å². The van der Waals surface area contributed by atoms with Crippen LogP contribution in [-0.2, 0) is 20.7 Å². The van der Waals surface area contributed by atoms with Crippen LogP contribution in [0, 0.1) is 0 Å². The van der Waals surface area contributed by atoms with E-state index in [1.807, 2.05) is 30.3 Å². The van der Waals surface area contributed by atoms with E-state index in [4.69, 9.17) is 9.84 Å². The summed E-state index contributed by atoms with van der Waals surface area (Å²) in [6.45, 7) is 0.877. The maximum absolute atomic E-state index is 11.8. The molecule has 0 bridgehead atoms. The zero-order valence-electron chi connectivity index (χ0n) is 10.6. The van der Waals surface area contributed by atoms with Gasteiger partial charge in [0.2, 0.25) is 5.91 Å². The van der Waals surface area contributed by atoms with Crippen molar-refractivity contribution in [3.8, 4) is 0 Å². The summed E-state index contributed by atoms with van der Waals surface area (Å²) >= 11 is 0. The molecule has 1 aliphatic heterocycles. The van der Waals surface area contributed by atoms with E-state index >= 15 is 0 Å². The molecule has 1 fully saturated rings. The third-order valence-corrected chi connectivity index (χ3v) is 3.19. The number of hydrogen-bond acceptors (Lipinski definition) is 3. The van der Waals surface area contributed by atoms with Gasteiger partial charge in [0, 0.05) is 6.54 Å². The molecular formula is C14H17NO4. The van der Waals surface area contributed by atoms with Crippen LogP contribution >= 0.6 is 0 Å². The molecule has 0 saturated carbocycles. The molecule has 1 aliphatic rings. The van der Waals surface area contributed by atoms with E-state index in [1.165, 1.54) is 0 Å². The second-order valence-corrected chi connectivity index (χ2v) is 4.59. The van der Waals surface area contributed by atoms with Crippen LogP contribution in [0.1, 0.15) is 12.0 Å². The minimum absolute atomic E-state index is 0.0465. The van der Waals surface area contributed by atoms with Crippen molar-refractivity contribution in [2.45, 2.75) is 18.9 Å². The van der Waals surface area contributed by atoms with Gasteiger partial charge in [-0.3, -0.25) is 9.59 Å². The lowest BCUT2D eigenvalue weighted by Gasteiger charge is -2.34. The first-order chi connectivity index (χ1) is 9.16. The normalized spacial score (nSPS) is 19.5. The van der Waals surface area contributed by atoms with Gasteiger partial charge in [0.05, 0.1) is 19.1 Å². The van der Waals surface area contributed by atoms with E-state index in [1.54, 1.807) is 4.90 Å². The van der Waals surface area contributed by atoms with Crippen molar-refractivity contribution < 1.29 is 19.4 Å². The summed E-state index contributed by atoms with van der Waals surface area (Å²) in [6.07, 6.45) is 0.656. The van der Waals surface area contributed by atoms with E-state index in [0.29, 0.717) is 13.2 Å². The van der Waals surface area contributed by atoms with Crippen LogP contribution in [-0.4, -0.2) is 47.7 Å². The van der Waals surface area contributed by atoms with Gasteiger partial charge in [-0.05, 0) is 12.0 Å². The lowest BCUT2D eigenvalue weighted by Crippen LogP contribution is -2.50. The summed E-state index contributed by atoms with van der Waals surface area (Å²) in [5, 5.41) is 8.86. The Morgan fingerprint density at radius 2 is 2.11 bits per heavy atom. The molecule has 1 amide bonds. The Hall–Kier alpha value is -1.88. The van der Waals surface area contributed by atoms with Crippen LogP contribution in [0.25, 0.3) is 0 Å². The number of morpholine rings is 1. The van der Waals surface area contributed by atoms with Crippen molar-refractivity contribution in [3.63, 3.8) is 0 Å². The van der Waals surface area contributed by atoms with E-state index < -0.39 is 5.97 Å². The fraction of sp³-hybridized carbons (Fsp3) is 0.429. The molecule has 0 spiro atoms. The standard InChI is InChI=1S/C14H17NO4/c16-13-10-19-9-12(8-14(17)18)15(13)7-6-11-4-2-1-3-5-11/h1-5,12H,6-10H2,(H,17,18). The summed E-state index contributed by atoms with van der Waals surface area (Å²) in [5.41, 5.74) is 1.14. The maximum Gasteiger partial charge on any atom is 0.305 e. The number of benzene rings is 1. The highest BCUT2D eigenvalue weighted by Crippen LogP contribution is 2.13. The van der Waals surface area contributed by atoms with Crippen molar-refractivity contribution in [2.24, 2.45) is 0 Å². The molecule has 1 atom stereocenters.